The summed E-state index contributed by atoms with van der Waals surface area (Å²) in [6.45, 7) is 4.48. The number of aryl methyl sites for hydroxylation is 1. The van der Waals surface area contributed by atoms with Crippen LogP contribution in [0.3, 0.4) is 0 Å². The summed E-state index contributed by atoms with van der Waals surface area (Å²) in [6, 6.07) is 10.0. The summed E-state index contributed by atoms with van der Waals surface area (Å²) in [5, 5.41) is 4.00. The highest BCUT2D eigenvalue weighted by atomic mass is 16.5. The fourth-order valence-corrected chi connectivity index (χ4v) is 3.68. The second kappa shape index (κ2) is 7.38. The molecule has 0 N–H and O–H groups in total. The van der Waals surface area contributed by atoms with Gasteiger partial charge in [-0.3, -0.25) is 14.2 Å². The molecule has 8 heteroatoms. The number of nitrogens with zero attached hydrogens (tertiary/aromatic N) is 5. The second-order valence-corrected chi connectivity index (χ2v) is 7.10. The molecule has 1 aliphatic heterocycles. The molecule has 0 spiro atoms. The van der Waals surface area contributed by atoms with Gasteiger partial charge in [-0.2, -0.15) is 4.98 Å². The van der Waals surface area contributed by atoms with Gasteiger partial charge >= 0.3 is 0 Å². The van der Waals surface area contributed by atoms with Crippen LogP contribution in [0.15, 0.2) is 52.4 Å². The molecule has 0 aliphatic carbocycles. The minimum absolute atomic E-state index is 0.0343. The van der Waals surface area contributed by atoms with E-state index in [1.807, 2.05) is 30.3 Å². The molecule has 144 valence electrons. The lowest BCUT2D eigenvalue weighted by Gasteiger charge is -2.17. The van der Waals surface area contributed by atoms with Crippen molar-refractivity contribution >= 4 is 5.91 Å². The Balaban J connectivity index is 1.58. The van der Waals surface area contributed by atoms with Crippen molar-refractivity contribution in [2.75, 3.05) is 13.1 Å². The Bertz CT molecular complexity index is 1030. The Morgan fingerprint density at radius 3 is 2.61 bits per heavy atom. The molecule has 2 aromatic heterocycles. The third kappa shape index (κ3) is 3.33. The fraction of sp³-hybridized carbons (Fsp3) is 0.350. The highest BCUT2D eigenvalue weighted by Crippen LogP contribution is 2.38. The van der Waals surface area contributed by atoms with Crippen LogP contribution in [0.25, 0.3) is 0 Å². The lowest BCUT2D eigenvalue weighted by atomic mass is 9.88. The third-order valence-electron chi connectivity index (χ3n) is 5.43. The van der Waals surface area contributed by atoms with Crippen molar-refractivity contribution in [1.29, 1.82) is 0 Å². The highest BCUT2D eigenvalue weighted by molar-refractivity contribution is 5.76. The van der Waals surface area contributed by atoms with Crippen LogP contribution < -0.4 is 5.56 Å². The lowest BCUT2D eigenvalue weighted by molar-refractivity contribution is -0.130. The first-order valence-electron chi connectivity index (χ1n) is 9.16. The van der Waals surface area contributed by atoms with Crippen LogP contribution >= 0.6 is 0 Å². The van der Waals surface area contributed by atoms with Crippen molar-refractivity contribution in [2.24, 2.45) is 0 Å². The van der Waals surface area contributed by atoms with E-state index in [0.29, 0.717) is 30.2 Å². The molecule has 4 rings (SSSR count). The average molecular weight is 379 g/mol. The molecule has 0 unspecified atom stereocenters. The molecule has 0 bridgehead atoms. The molecule has 3 aromatic rings. The normalized spacial score (nSPS) is 19.1. The van der Waals surface area contributed by atoms with Crippen LogP contribution in [-0.2, 0) is 11.3 Å². The molecule has 2 atom stereocenters. The van der Waals surface area contributed by atoms with E-state index in [1.165, 1.54) is 17.3 Å². The Morgan fingerprint density at radius 2 is 1.89 bits per heavy atom. The van der Waals surface area contributed by atoms with Crippen molar-refractivity contribution in [3.05, 3.63) is 76.1 Å². The number of benzene rings is 1. The zero-order valence-corrected chi connectivity index (χ0v) is 15.8. The van der Waals surface area contributed by atoms with Crippen LogP contribution in [0, 0.1) is 13.8 Å². The van der Waals surface area contributed by atoms with Crippen molar-refractivity contribution < 1.29 is 9.32 Å². The molecule has 1 aromatic carbocycles. The number of likely N-dealkylation sites (tertiary alicyclic amines) is 1. The van der Waals surface area contributed by atoms with Gasteiger partial charge in [0.25, 0.3) is 5.56 Å². The van der Waals surface area contributed by atoms with Crippen LogP contribution in [0.4, 0.5) is 0 Å². The van der Waals surface area contributed by atoms with E-state index in [0.717, 1.165) is 5.56 Å². The van der Waals surface area contributed by atoms with E-state index in [4.69, 9.17) is 4.52 Å². The third-order valence-corrected chi connectivity index (χ3v) is 5.43. The number of aromatic nitrogens is 4. The molecular weight excluding hydrogens is 358 g/mol. The first-order chi connectivity index (χ1) is 13.5. The van der Waals surface area contributed by atoms with Gasteiger partial charge in [0, 0.05) is 36.2 Å². The summed E-state index contributed by atoms with van der Waals surface area (Å²) in [6.07, 6.45) is 2.74. The summed E-state index contributed by atoms with van der Waals surface area (Å²) in [5.41, 5.74) is 2.17. The highest BCUT2D eigenvalue weighted by Gasteiger charge is 2.39. The number of carbonyl (C=O) groups is 1. The molecule has 0 radical (unpaired) electrons. The molecule has 1 aliphatic rings. The number of amides is 1. The fourth-order valence-electron chi connectivity index (χ4n) is 3.68. The van der Waals surface area contributed by atoms with E-state index in [9.17, 15) is 9.59 Å². The summed E-state index contributed by atoms with van der Waals surface area (Å²) in [5.74, 6) is 0.477. The van der Waals surface area contributed by atoms with Crippen LogP contribution in [0.2, 0.25) is 0 Å². The molecule has 0 saturated carbocycles. The largest absolute Gasteiger partial charge is 0.343 e. The van der Waals surface area contributed by atoms with Gasteiger partial charge in [-0.1, -0.05) is 35.5 Å². The Kier molecular flexibility index (Phi) is 4.77. The monoisotopic (exact) mass is 379 g/mol. The number of carbonyl (C=O) groups excluding carboxylic acids is 1. The quantitative estimate of drug-likeness (QED) is 0.684. The van der Waals surface area contributed by atoms with Gasteiger partial charge in [0.2, 0.25) is 12.3 Å². The first-order valence-corrected chi connectivity index (χ1v) is 9.16. The van der Waals surface area contributed by atoms with E-state index in [1.54, 1.807) is 18.7 Å². The molecule has 8 nitrogen and oxygen atoms in total. The SMILES string of the molecule is Cc1ncn(CC(=O)N2C[C@H](c3ccccc3)[C@H](c3ncon3)C2)c(=O)c1C. The van der Waals surface area contributed by atoms with E-state index >= 15 is 0 Å². The first kappa shape index (κ1) is 18.1. The standard InChI is InChI=1S/C20H21N5O3/c1-13-14(2)21-11-25(20(13)27)10-18(26)24-8-16(15-6-4-3-5-7-15)17(9-24)19-22-12-28-23-19/h3-7,11-12,16-17H,8-10H2,1-2H3/t16-,17-/m1/s1. The second-order valence-electron chi connectivity index (χ2n) is 7.10. The van der Waals surface area contributed by atoms with Crippen LogP contribution in [0.1, 0.15) is 34.5 Å². The topological polar surface area (TPSA) is 94.1 Å². The predicted molar refractivity (Wildman–Crippen MR) is 101 cm³/mol. The van der Waals surface area contributed by atoms with Gasteiger partial charge in [0.05, 0.1) is 6.33 Å². The maximum absolute atomic E-state index is 12.9. The maximum Gasteiger partial charge on any atom is 0.256 e. The Labute approximate surface area is 161 Å². The molecule has 1 amide bonds. The van der Waals surface area contributed by atoms with Gasteiger partial charge in [0.1, 0.15) is 6.54 Å². The van der Waals surface area contributed by atoms with Gasteiger partial charge in [-0.25, -0.2) is 4.98 Å². The predicted octanol–water partition coefficient (Wildman–Crippen LogP) is 1.65. The summed E-state index contributed by atoms with van der Waals surface area (Å²) < 4.78 is 6.29. The smallest absolute Gasteiger partial charge is 0.256 e. The lowest BCUT2D eigenvalue weighted by Crippen LogP contribution is -2.36. The zero-order valence-electron chi connectivity index (χ0n) is 15.8. The summed E-state index contributed by atoms with van der Waals surface area (Å²) in [4.78, 5) is 35.5. The van der Waals surface area contributed by atoms with Crippen LogP contribution in [-0.4, -0.2) is 43.6 Å². The van der Waals surface area contributed by atoms with E-state index in [-0.39, 0.29) is 29.8 Å². The Morgan fingerprint density at radius 1 is 1.14 bits per heavy atom. The number of hydrogen-bond donors (Lipinski definition) is 0. The van der Waals surface area contributed by atoms with Crippen molar-refractivity contribution in [1.82, 2.24) is 24.6 Å². The number of hydrogen-bond acceptors (Lipinski definition) is 6. The Hall–Kier alpha value is -3.29. The minimum Gasteiger partial charge on any atom is -0.343 e. The molecule has 1 fully saturated rings. The molecular formula is C20H21N5O3. The van der Waals surface area contributed by atoms with Gasteiger partial charge in [-0.15, -0.1) is 0 Å². The molecule has 1 saturated heterocycles. The van der Waals surface area contributed by atoms with E-state index in [2.05, 4.69) is 15.1 Å². The van der Waals surface area contributed by atoms with Gasteiger partial charge in [0.15, 0.2) is 5.82 Å². The number of rotatable bonds is 4. The average Bonchev–Trinajstić information content (AvgIpc) is 3.38. The molecule has 3 heterocycles. The summed E-state index contributed by atoms with van der Waals surface area (Å²) >= 11 is 0. The van der Waals surface area contributed by atoms with E-state index < -0.39 is 0 Å². The molecule has 28 heavy (non-hydrogen) atoms. The van der Waals surface area contributed by atoms with Crippen molar-refractivity contribution in [3.63, 3.8) is 0 Å². The maximum atomic E-state index is 12.9. The van der Waals surface area contributed by atoms with Crippen molar-refractivity contribution in [2.45, 2.75) is 32.2 Å². The van der Waals surface area contributed by atoms with Crippen molar-refractivity contribution in [3.8, 4) is 0 Å². The zero-order chi connectivity index (χ0) is 19.7. The van der Waals surface area contributed by atoms with Crippen LogP contribution in [0.5, 0.6) is 0 Å². The minimum atomic E-state index is -0.186. The van der Waals surface area contributed by atoms with Gasteiger partial charge in [-0.05, 0) is 19.4 Å². The van der Waals surface area contributed by atoms with Gasteiger partial charge < -0.3 is 9.42 Å². The summed E-state index contributed by atoms with van der Waals surface area (Å²) in [7, 11) is 0.